The third-order valence-corrected chi connectivity index (χ3v) is 7.96. The second kappa shape index (κ2) is 11.0. The van der Waals surface area contributed by atoms with Crippen molar-refractivity contribution in [3.63, 3.8) is 0 Å². The van der Waals surface area contributed by atoms with Crippen LogP contribution in [0.4, 0.5) is 5.69 Å². The van der Waals surface area contributed by atoms with Gasteiger partial charge in [-0.25, -0.2) is 4.98 Å². The maximum atomic E-state index is 13.2. The summed E-state index contributed by atoms with van der Waals surface area (Å²) in [6.07, 6.45) is 6.90. The molecule has 1 aromatic heterocycles. The lowest BCUT2D eigenvalue weighted by Crippen LogP contribution is -2.49. The summed E-state index contributed by atoms with van der Waals surface area (Å²) in [7, 11) is 0. The van der Waals surface area contributed by atoms with Crippen LogP contribution in [0.2, 0.25) is 0 Å². The number of nitrogens with zero attached hydrogens (tertiary/aromatic N) is 4. The molecule has 34 heavy (non-hydrogen) atoms. The number of hydrogen-bond donors (Lipinski definition) is 2. The van der Waals surface area contributed by atoms with Crippen molar-refractivity contribution < 1.29 is 14.5 Å². The second-order valence-electron chi connectivity index (χ2n) is 8.36. The fourth-order valence-electron chi connectivity index (χ4n) is 4.25. The van der Waals surface area contributed by atoms with E-state index >= 15 is 0 Å². The molecule has 2 aliphatic heterocycles. The van der Waals surface area contributed by atoms with Gasteiger partial charge in [0.15, 0.2) is 10.2 Å². The number of nitrogens with one attached hydrogen (secondary N) is 2. The number of carbonyl (C=O) groups is 2. The Morgan fingerprint density at radius 1 is 1.29 bits per heavy atom. The van der Waals surface area contributed by atoms with E-state index in [2.05, 4.69) is 15.6 Å². The van der Waals surface area contributed by atoms with Gasteiger partial charge in [0.25, 0.3) is 6.20 Å². The average molecular weight is 505 g/mol. The zero-order valence-corrected chi connectivity index (χ0v) is 20.6. The Kier molecular flexibility index (Phi) is 7.88. The van der Waals surface area contributed by atoms with Gasteiger partial charge in [-0.15, -0.1) is 11.3 Å². The molecule has 2 aromatic rings. The number of fused-ring (bicyclic) bond motifs is 1. The minimum Gasteiger partial charge on any atom is -0.355 e. The number of benzene rings is 1. The van der Waals surface area contributed by atoms with E-state index in [0.717, 1.165) is 59.5 Å². The van der Waals surface area contributed by atoms with Crippen LogP contribution in [0, 0.1) is 10.1 Å². The molecule has 10 nitrogen and oxygen atoms in total. The molecule has 0 radical (unpaired) electrons. The molecule has 4 rings (SSSR count). The molecule has 2 saturated heterocycles. The molecule has 0 saturated carbocycles. The topological polar surface area (TPSA) is 121 Å². The standard InChI is InChI=1S/C22H28N6O4S2/c1-33-22-25-16-8-7-15(12-18(16)34-22)23-19(13-28(31)32)24-17-6-2-3-11-27(21(17)30)14-20(29)26-9-4-5-10-26/h7-8,12-13,17,23-24H,2-6,9-11,14H2,1H3. The summed E-state index contributed by atoms with van der Waals surface area (Å²) < 4.78 is 1.91. The summed E-state index contributed by atoms with van der Waals surface area (Å²) in [5, 5.41) is 17.4. The van der Waals surface area contributed by atoms with Crippen LogP contribution < -0.4 is 10.6 Å². The highest BCUT2D eigenvalue weighted by atomic mass is 32.2. The Morgan fingerprint density at radius 2 is 2.06 bits per heavy atom. The lowest BCUT2D eigenvalue weighted by Gasteiger charge is -2.27. The first-order chi connectivity index (χ1) is 16.4. The quantitative estimate of drug-likeness (QED) is 0.320. The van der Waals surface area contributed by atoms with E-state index in [9.17, 15) is 19.7 Å². The van der Waals surface area contributed by atoms with Crippen molar-refractivity contribution in [1.82, 2.24) is 20.1 Å². The largest absolute Gasteiger partial charge is 0.355 e. The fraction of sp³-hybridized carbons (Fsp3) is 0.500. The van der Waals surface area contributed by atoms with E-state index in [1.165, 1.54) is 0 Å². The Labute approximate surface area is 205 Å². The number of likely N-dealkylation sites (tertiary alicyclic amines) is 2. The van der Waals surface area contributed by atoms with Crippen LogP contribution in [0.1, 0.15) is 32.1 Å². The molecule has 0 spiro atoms. The highest BCUT2D eigenvalue weighted by molar-refractivity contribution is 8.00. The first-order valence-electron chi connectivity index (χ1n) is 11.3. The fourth-order valence-corrected chi connectivity index (χ4v) is 5.78. The molecule has 0 bridgehead atoms. The molecule has 2 N–H and O–H groups in total. The number of hydrogen-bond acceptors (Lipinski definition) is 9. The van der Waals surface area contributed by atoms with E-state index in [1.54, 1.807) is 39.0 Å². The molecule has 182 valence electrons. The number of amides is 2. The van der Waals surface area contributed by atoms with Gasteiger partial charge in [-0.2, -0.15) is 0 Å². The summed E-state index contributed by atoms with van der Waals surface area (Å²) in [6.45, 7) is 2.05. The van der Waals surface area contributed by atoms with Gasteiger partial charge in [0.2, 0.25) is 11.8 Å². The smallest absolute Gasteiger partial charge is 0.274 e. The van der Waals surface area contributed by atoms with Gasteiger partial charge in [-0.05, 0) is 56.6 Å². The van der Waals surface area contributed by atoms with E-state index in [-0.39, 0.29) is 24.2 Å². The van der Waals surface area contributed by atoms with Crippen LogP contribution in [0.5, 0.6) is 0 Å². The summed E-state index contributed by atoms with van der Waals surface area (Å²) in [4.78, 5) is 44.5. The van der Waals surface area contributed by atoms with E-state index < -0.39 is 11.0 Å². The van der Waals surface area contributed by atoms with Gasteiger partial charge < -0.3 is 20.4 Å². The Hall–Kier alpha value is -2.86. The molecule has 1 unspecified atom stereocenters. The lowest BCUT2D eigenvalue weighted by atomic mass is 10.1. The SMILES string of the molecule is CSc1nc2ccc(NC(=C[N+](=O)[O-])NC3CCCCN(CC(=O)N4CCCC4)C3=O)cc2s1. The van der Waals surface area contributed by atoms with Crippen molar-refractivity contribution in [3.05, 3.63) is 40.3 Å². The van der Waals surface area contributed by atoms with Crippen LogP contribution in [-0.2, 0) is 9.59 Å². The van der Waals surface area contributed by atoms with E-state index in [1.807, 2.05) is 18.4 Å². The van der Waals surface area contributed by atoms with Crippen molar-refractivity contribution in [2.75, 3.05) is 37.8 Å². The number of thioether (sulfide) groups is 1. The van der Waals surface area contributed by atoms with E-state index in [0.29, 0.717) is 18.7 Å². The Morgan fingerprint density at radius 3 is 2.79 bits per heavy atom. The van der Waals surface area contributed by atoms with Gasteiger partial charge in [-0.1, -0.05) is 11.8 Å². The third-order valence-electron chi connectivity index (χ3n) is 5.95. The van der Waals surface area contributed by atoms with Crippen LogP contribution in [-0.4, -0.2) is 70.0 Å². The number of nitro groups is 1. The molecule has 2 fully saturated rings. The van der Waals surface area contributed by atoms with Gasteiger partial charge in [0, 0.05) is 25.3 Å². The van der Waals surface area contributed by atoms with E-state index in [4.69, 9.17) is 0 Å². The molecular formula is C22H28N6O4S2. The van der Waals surface area contributed by atoms with Crippen LogP contribution in [0.25, 0.3) is 10.2 Å². The zero-order chi connectivity index (χ0) is 24.1. The van der Waals surface area contributed by atoms with Crippen LogP contribution in [0.15, 0.2) is 34.6 Å². The van der Waals surface area contributed by atoms with Crippen molar-refractivity contribution in [2.45, 2.75) is 42.5 Å². The van der Waals surface area contributed by atoms with Crippen LogP contribution in [0.3, 0.4) is 0 Å². The van der Waals surface area contributed by atoms with Crippen molar-refractivity contribution in [2.24, 2.45) is 0 Å². The number of aromatic nitrogens is 1. The second-order valence-corrected chi connectivity index (χ2v) is 10.4. The number of anilines is 1. The molecular weight excluding hydrogens is 476 g/mol. The minimum absolute atomic E-state index is 0.0341. The van der Waals surface area contributed by atoms with Crippen molar-refractivity contribution in [1.29, 1.82) is 0 Å². The molecule has 12 heteroatoms. The number of rotatable bonds is 8. The summed E-state index contributed by atoms with van der Waals surface area (Å²) in [6, 6.07) is 4.90. The maximum absolute atomic E-state index is 13.2. The first-order valence-corrected chi connectivity index (χ1v) is 13.4. The zero-order valence-electron chi connectivity index (χ0n) is 19.0. The molecule has 1 atom stereocenters. The molecule has 0 aliphatic carbocycles. The van der Waals surface area contributed by atoms with Gasteiger partial charge in [0.1, 0.15) is 6.04 Å². The summed E-state index contributed by atoms with van der Waals surface area (Å²) in [5.74, 6) is -0.109. The summed E-state index contributed by atoms with van der Waals surface area (Å²) >= 11 is 3.11. The minimum atomic E-state index is -0.650. The molecule has 2 amide bonds. The highest BCUT2D eigenvalue weighted by Gasteiger charge is 2.31. The first kappa shape index (κ1) is 24.3. The number of thiazole rings is 1. The predicted molar refractivity (Wildman–Crippen MR) is 133 cm³/mol. The molecule has 3 heterocycles. The lowest BCUT2D eigenvalue weighted by molar-refractivity contribution is -0.403. The van der Waals surface area contributed by atoms with Crippen LogP contribution >= 0.6 is 23.1 Å². The van der Waals surface area contributed by atoms with Crippen molar-refractivity contribution >= 4 is 50.8 Å². The molecule has 1 aromatic carbocycles. The van der Waals surface area contributed by atoms with Crippen molar-refractivity contribution in [3.8, 4) is 0 Å². The third kappa shape index (κ3) is 5.98. The Bertz CT molecular complexity index is 1100. The monoisotopic (exact) mass is 504 g/mol. The number of carbonyl (C=O) groups excluding carboxylic acids is 2. The highest BCUT2D eigenvalue weighted by Crippen LogP contribution is 2.30. The van der Waals surface area contributed by atoms with Gasteiger partial charge in [-0.3, -0.25) is 19.7 Å². The average Bonchev–Trinajstić information content (AvgIpc) is 3.45. The summed E-state index contributed by atoms with van der Waals surface area (Å²) in [5.41, 5.74) is 1.52. The predicted octanol–water partition coefficient (Wildman–Crippen LogP) is 3.10. The normalized spacial score (nSPS) is 19.4. The van der Waals surface area contributed by atoms with Gasteiger partial charge >= 0.3 is 0 Å². The Balaban J connectivity index is 1.47. The van der Waals surface area contributed by atoms with Gasteiger partial charge in [0.05, 0.1) is 21.7 Å². The molecule has 2 aliphatic rings. The maximum Gasteiger partial charge on any atom is 0.274 e.